The van der Waals surface area contributed by atoms with Gasteiger partial charge in [-0.05, 0) is 44.1 Å². The number of rotatable bonds is 14. The van der Waals surface area contributed by atoms with Crippen molar-refractivity contribution in [2.24, 2.45) is 0 Å². The van der Waals surface area contributed by atoms with Crippen molar-refractivity contribution < 1.29 is 14.2 Å². The minimum Gasteiger partial charge on any atom is -0.381 e. The molecule has 142 valence electrons. The molecule has 1 fully saturated rings. The standard InChI is InChI=1S/C22H36O3/c1(3-5-11-18-24-22-15-9-12-19-25-22)2-4-10-17-23-20-16-21-13-7-6-8-14-21/h6-8,13-14,22H,1-5,9-12,15-20H2. The van der Waals surface area contributed by atoms with Gasteiger partial charge in [0.2, 0.25) is 0 Å². The molecule has 2 rings (SSSR count). The molecule has 1 aromatic carbocycles. The molecule has 0 aliphatic carbocycles. The van der Waals surface area contributed by atoms with E-state index in [2.05, 4.69) is 30.3 Å². The van der Waals surface area contributed by atoms with Crippen molar-refractivity contribution in [3.8, 4) is 0 Å². The molecule has 1 unspecified atom stereocenters. The summed E-state index contributed by atoms with van der Waals surface area (Å²) in [7, 11) is 0. The molecule has 1 atom stereocenters. The molecule has 1 aromatic rings. The van der Waals surface area contributed by atoms with E-state index in [9.17, 15) is 0 Å². The molecule has 0 bridgehead atoms. The Morgan fingerprint density at radius 1 is 0.800 bits per heavy atom. The Hall–Kier alpha value is -0.900. The maximum absolute atomic E-state index is 5.76. The third kappa shape index (κ3) is 10.6. The molecular weight excluding hydrogens is 312 g/mol. The van der Waals surface area contributed by atoms with Crippen molar-refractivity contribution in [3.63, 3.8) is 0 Å². The van der Waals surface area contributed by atoms with Crippen LogP contribution in [0.15, 0.2) is 30.3 Å². The average molecular weight is 349 g/mol. The van der Waals surface area contributed by atoms with Gasteiger partial charge >= 0.3 is 0 Å². The van der Waals surface area contributed by atoms with Crippen LogP contribution in [0.4, 0.5) is 0 Å². The Kier molecular flexibility index (Phi) is 11.7. The van der Waals surface area contributed by atoms with E-state index in [-0.39, 0.29) is 6.29 Å². The van der Waals surface area contributed by atoms with Gasteiger partial charge in [0.05, 0.1) is 6.61 Å². The summed E-state index contributed by atoms with van der Waals surface area (Å²) in [6.45, 7) is 3.48. The monoisotopic (exact) mass is 348 g/mol. The van der Waals surface area contributed by atoms with Gasteiger partial charge in [-0.1, -0.05) is 62.4 Å². The van der Waals surface area contributed by atoms with E-state index in [1.54, 1.807) is 0 Å². The van der Waals surface area contributed by atoms with Gasteiger partial charge < -0.3 is 14.2 Å². The van der Waals surface area contributed by atoms with Gasteiger partial charge in [-0.2, -0.15) is 0 Å². The predicted molar refractivity (Wildman–Crippen MR) is 103 cm³/mol. The molecule has 1 saturated heterocycles. The van der Waals surface area contributed by atoms with E-state index in [0.29, 0.717) is 0 Å². The first-order chi connectivity index (χ1) is 12.4. The average Bonchev–Trinajstić information content (AvgIpc) is 2.67. The van der Waals surface area contributed by atoms with Gasteiger partial charge in [0.25, 0.3) is 0 Å². The number of ether oxygens (including phenoxy) is 3. The van der Waals surface area contributed by atoms with E-state index >= 15 is 0 Å². The quantitative estimate of drug-likeness (QED) is 0.414. The fourth-order valence-corrected chi connectivity index (χ4v) is 3.18. The molecule has 3 heteroatoms. The minimum atomic E-state index is 0.0793. The molecule has 0 amide bonds. The molecule has 0 aromatic heterocycles. The molecular formula is C22H36O3. The van der Waals surface area contributed by atoms with Gasteiger partial charge in [-0.25, -0.2) is 0 Å². The zero-order valence-electron chi connectivity index (χ0n) is 15.8. The summed E-state index contributed by atoms with van der Waals surface area (Å²) in [6.07, 6.45) is 13.5. The summed E-state index contributed by atoms with van der Waals surface area (Å²) in [4.78, 5) is 0. The maximum Gasteiger partial charge on any atom is 0.157 e. The van der Waals surface area contributed by atoms with Crippen molar-refractivity contribution in [1.29, 1.82) is 0 Å². The second kappa shape index (κ2) is 14.3. The smallest absolute Gasteiger partial charge is 0.157 e. The van der Waals surface area contributed by atoms with Crippen LogP contribution in [0, 0.1) is 0 Å². The topological polar surface area (TPSA) is 27.7 Å². The molecule has 3 nitrogen and oxygen atoms in total. The largest absolute Gasteiger partial charge is 0.381 e. The van der Waals surface area contributed by atoms with Crippen molar-refractivity contribution in [3.05, 3.63) is 35.9 Å². The van der Waals surface area contributed by atoms with Crippen LogP contribution in [0.25, 0.3) is 0 Å². The van der Waals surface area contributed by atoms with Gasteiger partial charge in [0.15, 0.2) is 6.29 Å². The predicted octanol–water partition coefficient (Wildman–Crippen LogP) is 5.52. The first kappa shape index (κ1) is 20.4. The van der Waals surface area contributed by atoms with E-state index < -0.39 is 0 Å². The molecule has 0 spiro atoms. The van der Waals surface area contributed by atoms with Crippen LogP contribution in [0.5, 0.6) is 0 Å². The lowest BCUT2D eigenvalue weighted by Crippen LogP contribution is -2.22. The van der Waals surface area contributed by atoms with Crippen molar-refractivity contribution >= 4 is 0 Å². The van der Waals surface area contributed by atoms with Crippen LogP contribution >= 0.6 is 0 Å². The summed E-state index contributed by atoms with van der Waals surface area (Å²) in [5, 5.41) is 0. The van der Waals surface area contributed by atoms with Crippen molar-refractivity contribution in [1.82, 2.24) is 0 Å². The summed E-state index contributed by atoms with van der Waals surface area (Å²) in [5.74, 6) is 0. The molecule has 1 heterocycles. The third-order valence-corrected chi connectivity index (χ3v) is 4.75. The van der Waals surface area contributed by atoms with Crippen LogP contribution in [0.1, 0.15) is 69.8 Å². The number of benzene rings is 1. The highest BCUT2D eigenvalue weighted by atomic mass is 16.7. The zero-order chi connectivity index (χ0) is 17.4. The minimum absolute atomic E-state index is 0.0793. The fourth-order valence-electron chi connectivity index (χ4n) is 3.18. The molecule has 25 heavy (non-hydrogen) atoms. The number of hydrogen-bond donors (Lipinski definition) is 0. The van der Waals surface area contributed by atoms with E-state index in [4.69, 9.17) is 14.2 Å². The summed E-state index contributed by atoms with van der Waals surface area (Å²) >= 11 is 0. The van der Waals surface area contributed by atoms with Gasteiger partial charge in [0.1, 0.15) is 0 Å². The Morgan fingerprint density at radius 2 is 1.52 bits per heavy atom. The summed E-state index contributed by atoms with van der Waals surface area (Å²) in [6, 6.07) is 10.6. The van der Waals surface area contributed by atoms with Crippen LogP contribution < -0.4 is 0 Å². The zero-order valence-corrected chi connectivity index (χ0v) is 15.8. The van der Waals surface area contributed by atoms with E-state index in [1.807, 2.05) is 0 Å². The first-order valence-corrected chi connectivity index (χ1v) is 10.3. The first-order valence-electron chi connectivity index (χ1n) is 10.3. The highest BCUT2D eigenvalue weighted by molar-refractivity contribution is 5.14. The van der Waals surface area contributed by atoms with Crippen LogP contribution in [-0.4, -0.2) is 32.7 Å². The maximum atomic E-state index is 5.76. The van der Waals surface area contributed by atoms with Gasteiger partial charge in [0, 0.05) is 19.8 Å². The van der Waals surface area contributed by atoms with Gasteiger partial charge in [-0.15, -0.1) is 0 Å². The fraction of sp³-hybridized carbons (Fsp3) is 0.727. The Labute approximate surface area is 154 Å². The lowest BCUT2D eigenvalue weighted by atomic mass is 10.1. The Morgan fingerprint density at radius 3 is 2.24 bits per heavy atom. The second-order valence-corrected chi connectivity index (χ2v) is 6.99. The number of hydrogen-bond acceptors (Lipinski definition) is 3. The van der Waals surface area contributed by atoms with Crippen molar-refractivity contribution in [2.75, 3.05) is 26.4 Å². The van der Waals surface area contributed by atoms with Crippen LogP contribution in [-0.2, 0) is 20.6 Å². The molecule has 1 aliphatic heterocycles. The lowest BCUT2D eigenvalue weighted by molar-refractivity contribution is -0.162. The van der Waals surface area contributed by atoms with E-state index in [0.717, 1.165) is 39.3 Å². The summed E-state index contributed by atoms with van der Waals surface area (Å²) in [5.41, 5.74) is 1.36. The third-order valence-electron chi connectivity index (χ3n) is 4.75. The SMILES string of the molecule is c1ccc(CCOCCCCCCCCCOC2CCCCO2)cc1. The van der Waals surface area contributed by atoms with Gasteiger partial charge in [-0.3, -0.25) is 0 Å². The highest BCUT2D eigenvalue weighted by Crippen LogP contribution is 2.14. The van der Waals surface area contributed by atoms with Crippen LogP contribution in [0.2, 0.25) is 0 Å². The Bertz CT molecular complexity index is 401. The lowest BCUT2D eigenvalue weighted by Gasteiger charge is -2.22. The highest BCUT2D eigenvalue weighted by Gasteiger charge is 2.13. The molecule has 0 N–H and O–H groups in total. The number of unbranched alkanes of at least 4 members (excludes halogenated alkanes) is 6. The molecule has 0 radical (unpaired) electrons. The van der Waals surface area contributed by atoms with Crippen LogP contribution in [0.3, 0.4) is 0 Å². The Balaban J connectivity index is 1.27. The second-order valence-electron chi connectivity index (χ2n) is 6.99. The molecule has 1 aliphatic rings. The molecule has 0 saturated carbocycles. The van der Waals surface area contributed by atoms with E-state index in [1.165, 1.54) is 63.4 Å². The van der Waals surface area contributed by atoms with Crippen molar-refractivity contribution in [2.45, 2.75) is 76.9 Å². The normalized spacial score (nSPS) is 17.7. The summed E-state index contributed by atoms with van der Waals surface area (Å²) < 4.78 is 17.1.